The van der Waals surface area contributed by atoms with E-state index in [1.54, 1.807) is 7.05 Å². The Kier molecular flexibility index (Phi) is 5.95. The Balaban J connectivity index is 2.89. The second-order valence-corrected chi connectivity index (χ2v) is 4.52. The Hall–Kier alpha value is -1.26. The maximum atomic E-state index is 11.4. The van der Waals surface area contributed by atoms with Crippen molar-refractivity contribution in [3.05, 3.63) is 28.8 Å². The zero-order valence-corrected chi connectivity index (χ0v) is 11.8. The minimum Gasteiger partial charge on any atom is -0.365 e. The number of nitrogens with zero attached hydrogens (tertiary/aromatic N) is 1. The second-order valence-electron chi connectivity index (χ2n) is 4.08. The minimum absolute atomic E-state index is 0.0214. The Labute approximate surface area is 113 Å². The van der Waals surface area contributed by atoms with Crippen molar-refractivity contribution in [1.82, 2.24) is 10.6 Å². The van der Waals surface area contributed by atoms with E-state index in [1.165, 1.54) is 0 Å². The van der Waals surface area contributed by atoms with Crippen LogP contribution in [0.1, 0.15) is 12.5 Å². The fourth-order valence-corrected chi connectivity index (χ4v) is 1.85. The molecule has 0 saturated heterocycles. The molecular weight excluding hydrogens is 250 g/mol. The van der Waals surface area contributed by atoms with Crippen LogP contribution in [0, 0.1) is 0 Å². The van der Waals surface area contributed by atoms with Gasteiger partial charge < -0.3 is 15.5 Å². The minimum atomic E-state index is -0.0214. The van der Waals surface area contributed by atoms with E-state index >= 15 is 0 Å². The van der Waals surface area contributed by atoms with Crippen LogP contribution in [0.5, 0.6) is 0 Å². The molecule has 4 nitrogen and oxygen atoms in total. The summed E-state index contributed by atoms with van der Waals surface area (Å²) < 4.78 is 0. The van der Waals surface area contributed by atoms with Crippen LogP contribution in [-0.4, -0.2) is 33.1 Å². The highest BCUT2D eigenvalue weighted by atomic mass is 35.5. The van der Waals surface area contributed by atoms with E-state index in [4.69, 9.17) is 11.6 Å². The van der Waals surface area contributed by atoms with Crippen molar-refractivity contribution in [2.45, 2.75) is 13.5 Å². The molecule has 5 heteroatoms. The van der Waals surface area contributed by atoms with Gasteiger partial charge in [-0.3, -0.25) is 4.79 Å². The van der Waals surface area contributed by atoms with Crippen LogP contribution in [0.25, 0.3) is 0 Å². The van der Waals surface area contributed by atoms with Gasteiger partial charge in [0, 0.05) is 31.4 Å². The summed E-state index contributed by atoms with van der Waals surface area (Å²) in [7, 11) is 3.52. The number of nitrogens with one attached hydrogen (secondary N) is 2. The molecule has 0 atom stereocenters. The Morgan fingerprint density at radius 2 is 2.17 bits per heavy atom. The summed E-state index contributed by atoms with van der Waals surface area (Å²) in [5.74, 6) is -0.0214. The quantitative estimate of drug-likeness (QED) is 0.825. The van der Waals surface area contributed by atoms with Gasteiger partial charge in [0.1, 0.15) is 0 Å². The Morgan fingerprint density at radius 1 is 1.44 bits per heavy atom. The van der Waals surface area contributed by atoms with Crippen molar-refractivity contribution in [2.24, 2.45) is 0 Å². The summed E-state index contributed by atoms with van der Waals surface area (Å²) in [4.78, 5) is 13.3. The lowest BCUT2D eigenvalue weighted by Gasteiger charge is -2.22. The Morgan fingerprint density at radius 3 is 2.78 bits per heavy atom. The lowest BCUT2D eigenvalue weighted by molar-refractivity contribution is -0.119. The van der Waals surface area contributed by atoms with Crippen LogP contribution in [-0.2, 0) is 11.3 Å². The largest absolute Gasteiger partial charge is 0.365 e. The molecule has 0 aliphatic carbocycles. The van der Waals surface area contributed by atoms with E-state index in [1.807, 2.05) is 30.1 Å². The highest BCUT2D eigenvalue weighted by Gasteiger charge is 2.10. The third-order valence-electron chi connectivity index (χ3n) is 2.68. The summed E-state index contributed by atoms with van der Waals surface area (Å²) in [6, 6.07) is 5.74. The number of likely N-dealkylation sites (N-methyl/N-ethyl adjacent to an activating group) is 2. The molecule has 2 N–H and O–H groups in total. The van der Waals surface area contributed by atoms with Crippen LogP contribution in [0.2, 0.25) is 5.02 Å². The molecule has 18 heavy (non-hydrogen) atoms. The molecule has 1 amide bonds. The molecule has 0 spiro atoms. The Bertz CT molecular complexity index is 409. The van der Waals surface area contributed by atoms with Crippen LogP contribution >= 0.6 is 11.6 Å². The SMILES string of the molecule is CCNCc1ccc(Cl)cc1N(C)CC(=O)NC. The van der Waals surface area contributed by atoms with E-state index < -0.39 is 0 Å². The zero-order valence-electron chi connectivity index (χ0n) is 11.1. The van der Waals surface area contributed by atoms with E-state index in [9.17, 15) is 4.79 Å². The van der Waals surface area contributed by atoms with Crippen molar-refractivity contribution >= 4 is 23.2 Å². The number of hydrogen-bond acceptors (Lipinski definition) is 3. The van der Waals surface area contributed by atoms with E-state index in [0.29, 0.717) is 11.6 Å². The maximum Gasteiger partial charge on any atom is 0.239 e. The topological polar surface area (TPSA) is 44.4 Å². The zero-order chi connectivity index (χ0) is 13.5. The summed E-state index contributed by atoms with van der Waals surface area (Å²) in [5, 5.41) is 6.56. The molecule has 0 aliphatic rings. The van der Waals surface area contributed by atoms with Crippen LogP contribution in [0.15, 0.2) is 18.2 Å². The van der Waals surface area contributed by atoms with Crippen molar-refractivity contribution in [3.8, 4) is 0 Å². The van der Waals surface area contributed by atoms with Crippen LogP contribution in [0.3, 0.4) is 0 Å². The molecule has 0 unspecified atom stereocenters. The summed E-state index contributed by atoms with van der Waals surface area (Å²) in [5.41, 5.74) is 2.11. The molecule has 0 heterocycles. The number of rotatable bonds is 6. The first-order valence-corrected chi connectivity index (χ1v) is 6.37. The molecule has 0 fully saturated rings. The molecule has 0 aromatic heterocycles. The maximum absolute atomic E-state index is 11.4. The fraction of sp³-hybridized carbons (Fsp3) is 0.462. The van der Waals surface area contributed by atoms with Gasteiger partial charge in [-0.05, 0) is 24.2 Å². The predicted octanol–water partition coefficient (Wildman–Crippen LogP) is 1.63. The standard InChI is InChI=1S/C13H20ClN3O/c1-4-16-8-10-5-6-11(14)7-12(10)17(3)9-13(18)15-2/h5-7,16H,4,8-9H2,1-3H3,(H,15,18). The number of hydrogen-bond donors (Lipinski definition) is 2. The first kappa shape index (κ1) is 14.8. The highest BCUT2D eigenvalue weighted by molar-refractivity contribution is 6.30. The molecule has 1 aromatic carbocycles. The van der Waals surface area contributed by atoms with Gasteiger partial charge in [-0.2, -0.15) is 0 Å². The molecule has 100 valence electrons. The van der Waals surface area contributed by atoms with E-state index in [0.717, 1.165) is 24.3 Å². The van der Waals surface area contributed by atoms with Crippen molar-refractivity contribution in [2.75, 3.05) is 32.1 Å². The number of amides is 1. The third kappa shape index (κ3) is 4.20. The average molecular weight is 270 g/mol. The normalized spacial score (nSPS) is 10.2. The van der Waals surface area contributed by atoms with E-state index in [2.05, 4.69) is 17.6 Å². The average Bonchev–Trinajstić information content (AvgIpc) is 2.36. The summed E-state index contributed by atoms with van der Waals surface area (Å²) >= 11 is 6.02. The van der Waals surface area contributed by atoms with Crippen LogP contribution in [0.4, 0.5) is 5.69 Å². The molecular formula is C13H20ClN3O. The number of halogens is 1. The summed E-state index contributed by atoms with van der Waals surface area (Å²) in [6.45, 7) is 4.04. The number of benzene rings is 1. The van der Waals surface area contributed by atoms with Gasteiger partial charge in [0.2, 0.25) is 5.91 Å². The van der Waals surface area contributed by atoms with Gasteiger partial charge in [-0.15, -0.1) is 0 Å². The van der Waals surface area contributed by atoms with Gasteiger partial charge >= 0.3 is 0 Å². The fourth-order valence-electron chi connectivity index (χ4n) is 1.68. The molecule has 0 saturated carbocycles. The summed E-state index contributed by atoms with van der Waals surface area (Å²) in [6.07, 6.45) is 0. The van der Waals surface area contributed by atoms with Gasteiger partial charge in [0.15, 0.2) is 0 Å². The lowest BCUT2D eigenvalue weighted by atomic mass is 10.1. The third-order valence-corrected chi connectivity index (χ3v) is 2.92. The second kappa shape index (κ2) is 7.24. The first-order valence-electron chi connectivity index (χ1n) is 5.99. The number of carbonyl (C=O) groups excluding carboxylic acids is 1. The first-order chi connectivity index (χ1) is 8.58. The smallest absolute Gasteiger partial charge is 0.239 e. The van der Waals surface area contributed by atoms with Gasteiger partial charge in [0.05, 0.1) is 6.54 Å². The molecule has 0 aliphatic heterocycles. The van der Waals surface area contributed by atoms with Crippen molar-refractivity contribution < 1.29 is 4.79 Å². The molecule has 0 bridgehead atoms. The van der Waals surface area contributed by atoms with Gasteiger partial charge in [-0.25, -0.2) is 0 Å². The van der Waals surface area contributed by atoms with Crippen molar-refractivity contribution in [3.63, 3.8) is 0 Å². The monoisotopic (exact) mass is 269 g/mol. The molecule has 0 radical (unpaired) electrons. The lowest BCUT2D eigenvalue weighted by Crippen LogP contribution is -2.33. The highest BCUT2D eigenvalue weighted by Crippen LogP contribution is 2.24. The van der Waals surface area contributed by atoms with Crippen molar-refractivity contribution in [1.29, 1.82) is 0 Å². The number of anilines is 1. The van der Waals surface area contributed by atoms with E-state index in [-0.39, 0.29) is 5.91 Å². The predicted molar refractivity (Wildman–Crippen MR) is 76.2 cm³/mol. The molecule has 1 rings (SSSR count). The van der Waals surface area contributed by atoms with Crippen LogP contribution < -0.4 is 15.5 Å². The molecule has 1 aromatic rings. The van der Waals surface area contributed by atoms with Gasteiger partial charge in [0.25, 0.3) is 0 Å². The number of carbonyl (C=O) groups is 1. The van der Waals surface area contributed by atoms with Gasteiger partial charge in [-0.1, -0.05) is 24.6 Å².